The lowest BCUT2D eigenvalue weighted by Crippen LogP contribution is -2.59. The molecule has 42 heavy (non-hydrogen) atoms. The lowest BCUT2D eigenvalue weighted by molar-refractivity contribution is -0.143. The molecule has 0 radical (unpaired) electrons. The maximum atomic E-state index is 14.3. The maximum Gasteiger partial charge on any atom is 0.294 e. The van der Waals surface area contributed by atoms with Crippen LogP contribution in [0.5, 0.6) is 5.75 Å². The van der Waals surface area contributed by atoms with Crippen molar-refractivity contribution in [2.24, 2.45) is 23.2 Å². The van der Waals surface area contributed by atoms with Crippen LogP contribution >= 0.6 is 0 Å². The number of rotatable bonds is 9. The van der Waals surface area contributed by atoms with E-state index >= 15 is 0 Å². The van der Waals surface area contributed by atoms with Crippen LogP contribution in [0.2, 0.25) is 0 Å². The van der Waals surface area contributed by atoms with Crippen LogP contribution in [0.25, 0.3) is 10.9 Å². The van der Waals surface area contributed by atoms with E-state index in [0.29, 0.717) is 12.3 Å². The van der Waals surface area contributed by atoms with Crippen molar-refractivity contribution in [3.8, 4) is 5.75 Å². The highest BCUT2D eigenvalue weighted by Crippen LogP contribution is 2.65. The van der Waals surface area contributed by atoms with Gasteiger partial charge in [0.15, 0.2) is 0 Å². The van der Waals surface area contributed by atoms with Crippen LogP contribution < -0.4 is 15.4 Å². The number of nitrogens with zero attached hydrogens (tertiary/aromatic N) is 1. The number of carbonyl (C=O) groups is 3. The standard InChI is InChI=1S/C29H40N4O8S/c1-15(28(37)42(38,39)40)30-26(35)24-22-18(29(22,2)3)14-33(24)27(36)23(16-9-6-5-7-10-16)32-25(34)20-13-17-19(31-20)11-8-12-21(17)41-4/h8,11-13,15-16,18,22-24,28,31,37H,5-7,9-10,14H2,1-4H3,(H,30,35)(H,32,34)(H,38,39,40)/t15-,18-,22-,23-,24-,28?/m0/s1. The summed E-state index contributed by atoms with van der Waals surface area (Å²) < 4.78 is 37.5. The molecule has 2 aromatic rings. The molecule has 1 saturated heterocycles. The Hall–Kier alpha value is -3.16. The normalized spacial score (nSPS) is 25.8. The minimum absolute atomic E-state index is 0.0582. The molecule has 13 heteroatoms. The molecule has 3 amide bonds. The Labute approximate surface area is 245 Å². The van der Waals surface area contributed by atoms with E-state index in [0.717, 1.165) is 43.0 Å². The van der Waals surface area contributed by atoms with E-state index in [-0.39, 0.29) is 34.8 Å². The van der Waals surface area contributed by atoms with E-state index in [4.69, 9.17) is 4.74 Å². The first kappa shape index (κ1) is 30.3. The van der Waals surface area contributed by atoms with Crippen molar-refractivity contribution in [3.63, 3.8) is 0 Å². The Kier molecular flexibility index (Phi) is 8.05. The molecule has 2 saturated carbocycles. The Morgan fingerprint density at radius 3 is 2.48 bits per heavy atom. The molecule has 3 fully saturated rings. The van der Waals surface area contributed by atoms with E-state index in [2.05, 4.69) is 15.6 Å². The van der Waals surface area contributed by atoms with Gasteiger partial charge < -0.3 is 30.4 Å². The first-order valence-corrected chi connectivity index (χ1v) is 16.0. The van der Waals surface area contributed by atoms with Gasteiger partial charge in [0.2, 0.25) is 17.3 Å². The van der Waals surface area contributed by atoms with Gasteiger partial charge in [-0.3, -0.25) is 18.9 Å². The fraction of sp³-hybridized carbons (Fsp3) is 0.621. The molecule has 0 bridgehead atoms. The molecule has 5 rings (SSSR count). The van der Waals surface area contributed by atoms with E-state index in [1.54, 1.807) is 19.2 Å². The summed E-state index contributed by atoms with van der Waals surface area (Å²) in [6, 6.07) is 4.06. The quantitative estimate of drug-likeness (QED) is 0.270. The SMILES string of the molecule is COc1cccc2[nH]c(C(=O)N[C@H](C(=O)N3C[C@H]4[C@@H]([C@H]3C(=O)N[C@@H](C)C(O)S(=O)(=O)O)C4(C)C)C3CCCCC3)cc12. The van der Waals surface area contributed by atoms with Gasteiger partial charge in [0.05, 0.1) is 13.2 Å². The van der Waals surface area contributed by atoms with Crippen LogP contribution in [0, 0.1) is 23.2 Å². The largest absolute Gasteiger partial charge is 0.496 e. The van der Waals surface area contributed by atoms with Crippen molar-refractivity contribution in [1.29, 1.82) is 0 Å². The number of likely N-dealkylation sites (tertiary alicyclic amines) is 1. The predicted octanol–water partition coefficient (Wildman–Crippen LogP) is 2.05. The number of benzene rings is 1. The van der Waals surface area contributed by atoms with Crippen LogP contribution in [0.3, 0.4) is 0 Å². The summed E-state index contributed by atoms with van der Waals surface area (Å²) >= 11 is 0. The smallest absolute Gasteiger partial charge is 0.294 e. The second-order valence-corrected chi connectivity index (χ2v) is 14.1. The first-order chi connectivity index (χ1) is 19.8. The average molecular weight is 605 g/mol. The van der Waals surface area contributed by atoms with E-state index in [9.17, 15) is 32.5 Å². The zero-order valence-electron chi connectivity index (χ0n) is 24.3. The number of amides is 3. The number of fused-ring (bicyclic) bond motifs is 2. The molecule has 1 unspecified atom stereocenters. The van der Waals surface area contributed by atoms with Crippen molar-refractivity contribution in [2.75, 3.05) is 13.7 Å². The second kappa shape index (κ2) is 11.2. The molecule has 5 N–H and O–H groups in total. The number of piperidine rings is 1. The number of ether oxygens (including phenoxy) is 1. The summed E-state index contributed by atoms with van der Waals surface area (Å²) in [4.78, 5) is 46.0. The summed E-state index contributed by atoms with van der Waals surface area (Å²) in [5.74, 6) is -0.994. The monoisotopic (exact) mass is 604 g/mol. The maximum absolute atomic E-state index is 14.3. The third kappa shape index (κ3) is 5.49. The highest BCUT2D eigenvalue weighted by molar-refractivity contribution is 7.86. The lowest BCUT2D eigenvalue weighted by atomic mass is 9.83. The van der Waals surface area contributed by atoms with Gasteiger partial charge in [-0.15, -0.1) is 0 Å². The Balaban J connectivity index is 1.40. The fourth-order valence-electron chi connectivity index (χ4n) is 7.13. The molecule has 3 aliphatic rings. The number of H-pyrrole nitrogens is 1. The predicted molar refractivity (Wildman–Crippen MR) is 154 cm³/mol. The number of hydrogen-bond acceptors (Lipinski definition) is 7. The van der Waals surface area contributed by atoms with Gasteiger partial charge in [-0.05, 0) is 61.1 Å². The first-order valence-electron chi connectivity index (χ1n) is 14.5. The molecular formula is C29H40N4O8S. The zero-order chi connectivity index (χ0) is 30.6. The number of aliphatic hydroxyl groups excluding tert-OH is 1. The molecule has 2 heterocycles. The molecular weight excluding hydrogens is 564 g/mol. The summed E-state index contributed by atoms with van der Waals surface area (Å²) in [5, 5.41) is 16.2. The second-order valence-electron chi connectivity index (χ2n) is 12.5. The number of methoxy groups -OCH3 is 1. The minimum atomic E-state index is -4.81. The van der Waals surface area contributed by atoms with Crippen LogP contribution in [0.15, 0.2) is 24.3 Å². The summed E-state index contributed by atoms with van der Waals surface area (Å²) in [5.41, 5.74) is -1.41. The molecule has 2 aliphatic carbocycles. The van der Waals surface area contributed by atoms with Crippen LogP contribution in [0.1, 0.15) is 63.4 Å². The summed E-state index contributed by atoms with van der Waals surface area (Å²) in [6.45, 7) is 5.64. The Morgan fingerprint density at radius 2 is 1.83 bits per heavy atom. The Bertz CT molecular complexity index is 1480. The third-order valence-corrected chi connectivity index (χ3v) is 10.6. The third-order valence-electron chi connectivity index (χ3n) is 9.63. The van der Waals surface area contributed by atoms with E-state index in [1.807, 2.05) is 26.0 Å². The van der Waals surface area contributed by atoms with Crippen LogP contribution in [0.4, 0.5) is 0 Å². The van der Waals surface area contributed by atoms with Crippen molar-refractivity contribution in [1.82, 2.24) is 20.5 Å². The highest BCUT2D eigenvalue weighted by atomic mass is 32.2. The van der Waals surface area contributed by atoms with Gasteiger partial charge in [0.25, 0.3) is 16.0 Å². The number of aliphatic hydroxyl groups is 1. The van der Waals surface area contributed by atoms with Gasteiger partial charge >= 0.3 is 0 Å². The highest BCUT2D eigenvalue weighted by Gasteiger charge is 2.69. The van der Waals surface area contributed by atoms with Gasteiger partial charge in [-0.1, -0.05) is 39.2 Å². The molecule has 1 aromatic heterocycles. The number of aromatic amines is 1. The number of hydrogen-bond donors (Lipinski definition) is 5. The number of aromatic nitrogens is 1. The van der Waals surface area contributed by atoms with E-state index < -0.39 is 45.5 Å². The average Bonchev–Trinajstić information content (AvgIpc) is 3.33. The van der Waals surface area contributed by atoms with Crippen LogP contribution in [-0.4, -0.2) is 82.9 Å². The molecule has 1 aliphatic heterocycles. The molecule has 12 nitrogen and oxygen atoms in total. The van der Waals surface area contributed by atoms with Gasteiger partial charge in [0, 0.05) is 17.4 Å². The van der Waals surface area contributed by atoms with Crippen LogP contribution in [-0.2, 0) is 19.7 Å². The zero-order valence-corrected chi connectivity index (χ0v) is 25.1. The van der Waals surface area contributed by atoms with Crippen molar-refractivity contribution >= 4 is 38.7 Å². The number of nitrogens with one attached hydrogen (secondary N) is 3. The molecule has 230 valence electrons. The van der Waals surface area contributed by atoms with Gasteiger partial charge in [-0.25, -0.2) is 0 Å². The summed E-state index contributed by atoms with van der Waals surface area (Å²) in [7, 11) is -3.25. The lowest BCUT2D eigenvalue weighted by Gasteiger charge is -2.37. The summed E-state index contributed by atoms with van der Waals surface area (Å²) in [6.07, 6.45) is 4.44. The van der Waals surface area contributed by atoms with Crippen molar-refractivity contribution in [2.45, 2.75) is 76.4 Å². The van der Waals surface area contributed by atoms with Gasteiger partial charge in [0.1, 0.15) is 23.5 Å². The topological polar surface area (TPSA) is 178 Å². The fourth-order valence-corrected chi connectivity index (χ4v) is 7.71. The molecule has 6 atom stereocenters. The Morgan fingerprint density at radius 1 is 1.14 bits per heavy atom. The van der Waals surface area contributed by atoms with Crippen molar-refractivity contribution in [3.05, 3.63) is 30.0 Å². The number of carbonyl (C=O) groups excluding carboxylic acids is 3. The minimum Gasteiger partial charge on any atom is -0.496 e. The van der Waals surface area contributed by atoms with Crippen molar-refractivity contribution < 1.29 is 37.2 Å². The molecule has 0 spiro atoms. The molecule has 1 aromatic carbocycles. The van der Waals surface area contributed by atoms with Gasteiger partial charge in [-0.2, -0.15) is 8.42 Å². The van der Waals surface area contributed by atoms with E-state index in [1.165, 1.54) is 11.8 Å².